The van der Waals surface area contributed by atoms with E-state index in [-0.39, 0.29) is 12.0 Å². The predicted molar refractivity (Wildman–Crippen MR) is 71.3 cm³/mol. The van der Waals surface area contributed by atoms with Crippen molar-refractivity contribution in [2.45, 2.75) is 51.0 Å². The molecule has 0 spiro atoms. The third kappa shape index (κ3) is 4.58. The van der Waals surface area contributed by atoms with E-state index in [1.165, 1.54) is 12.8 Å². The molecule has 0 radical (unpaired) electrons. The van der Waals surface area contributed by atoms with Crippen molar-refractivity contribution in [1.29, 1.82) is 0 Å². The molecule has 0 aromatic heterocycles. The topological polar surface area (TPSA) is 52.6 Å². The number of hydrogen-bond donors (Lipinski definition) is 2. The predicted octanol–water partition coefficient (Wildman–Crippen LogP) is 1.14. The van der Waals surface area contributed by atoms with Gasteiger partial charge < -0.3 is 15.3 Å². The monoisotopic (exact) mass is 254 g/mol. The molecule has 18 heavy (non-hydrogen) atoms. The molecule has 0 bridgehead atoms. The Bertz CT molecular complexity index is 257. The van der Waals surface area contributed by atoms with E-state index in [1.807, 2.05) is 0 Å². The van der Waals surface area contributed by atoms with Gasteiger partial charge in [-0.2, -0.15) is 0 Å². The first-order chi connectivity index (χ1) is 8.74. The number of aliphatic hydroxyl groups excluding tert-OH is 1. The number of nitrogens with zero attached hydrogens (tertiary/aromatic N) is 1. The van der Waals surface area contributed by atoms with Crippen LogP contribution >= 0.6 is 0 Å². The standard InChI is InChI=1S/C14H26N2O2/c17-13-5-3-12(4-6-13)11-15-14(18)7-10-16-8-1-2-9-16/h12-13,17H,1-11H2,(H,15,18). The maximum Gasteiger partial charge on any atom is 0.221 e. The van der Waals surface area contributed by atoms with Crippen molar-refractivity contribution in [2.75, 3.05) is 26.2 Å². The fraction of sp³-hybridized carbons (Fsp3) is 0.929. The molecule has 1 aliphatic carbocycles. The molecule has 1 saturated carbocycles. The van der Waals surface area contributed by atoms with Gasteiger partial charge >= 0.3 is 0 Å². The summed E-state index contributed by atoms with van der Waals surface area (Å²) >= 11 is 0. The number of aliphatic hydroxyl groups is 1. The average molecular weight is 254 g/mol. The van der Waals surface area contributed by atoms with Gasteiger partial charge in [0.2, 0.25) is 5.91 Å². The number of hydrogen-bond acceptors (Lipinski definition) is 3. The molecule has 1 aliphatic heterocycles. The molecule has 1 saturated heterocycles. The minimum Gasteiger partial charge on any atom is -0.393 e. The number of carbonyl (C=O) groups excluding carboxylic acids is 1. The Balaban J connectivity index is 1.54. The molecule has 4 nitrogen and oxygen atoms in total. The van der Waals surface area contributed by atoms with Crippen molar-refractivity contribution in [2.24, 2.45) is 5.92 Å². The molecule has 0 unspecified atom stereocenters. The first kappa shape index (κ1) is 13.8. The molecule has 1 heterocycles. The molecular formula is C14H26N2O2. The van der Waals surface area contributed by atoms with Crippen molar-refractivity contribution < 1.29 is 9.90 Å². The van der Waals surface area contributed by atoms with Gasteiger partial charge in [-0.25, -0.2) is 0 Å². The van der Waals surface area contributed by atoms with Crippen LogP contribution in [0.2, 0.25) is 0 Å². The summed E-state index contributed by atoms with van der Waals surface area (Å²) in [4.78, 5) is 14.1. The van der Waals surface area contributed by atoms with E-state index in [4.69, 9.17) is 0 Å². The molecule has 0 aromatic rings. The van der Waals surface area contributed by atoms with Crippen LogP contribution in [0.5, 0.6) is 0 Å². The van der Waals surface area contributed by atoms with Crippen molar-refractivity contribution in [1.82, 2.24) is 10.2 Å². The second-order valence-corrected chi connectivity index (χ2v) is 5.78. The summed E-state index contributed by atoms with van der Waals surface area (Å²) in [6.07, 6.45) is 6.99. The SMILES string of the molecule is O=C(CCN1CCCC1)NCC1CCC(O)CC1. The van der Waals surface area contributed by atoms with Crippen molar-refractivity contribution in [3.05, 3.63) is 0 Å². The summed E-state index contributed by atoms with van der Waals surface area (Å²) in [6.45, 7) is 4.03. The van der Waals surface area contributed by atoms with Crippen LogP contribution in [0.15, 0.2) is 0 Å². The number of likely N-dealkylation sites (tertiary alicyclic amines) is 1. The Morgan fingerprint density at radius 3 is 2.50 bits per heavy atom. The Kier molecular flexibility index (Phi) is 5.45. The van der Waals surface area contributed by atoms with Gasteiger partial charge in [-0.05, 0) is 57.5 Å². The van der Waals surface area contributed by atoms with Gasteiger partial charge in [-0.3, -0.25) is 4.79 Å². The quantitative estimate of drug-likeness (QED) is 0.773. The van der Waals surface area contributed by atoms with Crippen LogP contribution < -0.4 is 5.32 Å². The third-order valence-corrected chi connectivity index (χ3v) is 4.26. The van der Waals surface area contributed by atoms with Crippen molar-refractivity contribution in [3.8, 4) is 0 Å². The Morgan fingerprint density at radius 2 is 1.83 bits per heavy atom. The zero-order chi connectivity index (χ0) is 12.8. The second kappa shape index (κ2) is 7.10. The molecule has 104 valence electrons. The highest BCUT2D eigenvalue weighted by molar-refractivity contribution is 5.76. The van der Waals surface area contributed by atoms with Crippen LogP contribution in [-0.4, -0.2) is 48.2 Å². The van der Waals surface area contributed by atoms with Crippen molar-refractivity contribution >= 4 is 5.91 Å². The molecule has 2 N–H and O–H groups in total. The fourth-order valence-electron chi connectivity index (χ4n) is 2.96. The largest absolute Gasteiger partial charge is 0.393 e. The summed E-state index contributed by atoms with van der Waals surface area (Å²) in [5, 5.41) is 12.5. The lowest BCUT2D eigenvalue weighted by atomic mass is 9.87. The fourth-order valence-corrected chi connectivity index (χ4v) is 2.96. The Morgan fingerprint density at radius 1 is 1.17 bits per heavy atom. The maximum absolute atomic E-state index is 11.7. The highest BCUT2D eigenvalue weighted by Crippen LogP contribution is 2.23. The number of amides is 1. The normalized spacial score (nSPS) is 29.4. The van der Waals surface area contributed by atoms with E-state index in [0.29, 0.717) is 12.3 Å². The lowest BCUT2D eigenvalue weighted by Gasteiger charge is -2.25. The van der Waals surface area contributed by atoms with Gasteiger partial charge in [0.05, 0.1) is 6.10 Å². The highest BCUT2D eigenvalue weighted by Gasteiger charge is 2.20. The van der Waals surface area contributed by atoms with Crippen LogP contribution in [-0.2, 0) is 4.79 Å². The van der Waals surface area contributed by atoms with Gasteiger partial charge in [-0.1, -0.05) is 0 Å². The molecule has 0 aromatic carbocycles. The summed E-state index contributed by atoms with van der Waals surface area (Å²) in [5.41, 5.74) is 0. The zero-order valence-electron chi connectivity index (χ0n) is 11.2. The van der Waals surface area contributed by atoms with Gasteiger partial charge in [0.15, 0.2) is 0 Å². The summed E-state index contributed by atoms with van der Waals surface area (Å²) < 4.78 is 0. The zero-order valence-corrected chi connectivity index (χ0v) is 11.2. The summed E-state index contributed by atoms with van der Waals surface area (Å²) in [5.74, 6) is 0.761. The highest BCUT2D eigenvalue weighted by atomic mass is 16.3. The van der Waals surface area contributed by atoms with E-state index in [9.17, 15) is 9.90 Å². The second-order valence-electron chi connectivity index (χ2n) is 5.78. The van der Waals surface area contributed by atoms with E-state index in [1.54, 1.807) is 0 Å². The van der Waals surface area contributed by atoms with E-state index < -0.39 is 0 Å². The summed E-state index contributed by atoms with van der Waals surface area (Å²) in [6, 6.07) is 0. The minimum absolute atomic E-state index is 0.105. The molecule has 4 heteroatoms. The number of carbonyl (C=O) groups is 1. The molecule has 2 fully saturated rings. The van der Waals surface area contributed by atoms with E-state index >= 15 is 0 Å². The molecule has 2 rings (SSSR count). The van der Waals surface area contributed by atoms with E-state index in [0.717, 1.165) is 51.9 Å². The number of nitrogens with one attached hydrogen (secondary N) is 1. The smallest absolute Gasteiger partial charge is 0.221 e. The summed E-state index contributed by atoms with van der Waals surface area (Å²) in [7, 11) is 0. The third-order valence-electron chi connectivity index (χ3n) is 4.26. The van der Waals surface area contributed by atoms with Crippen LogP contribution in [0.1, 0.15) is 44.9 Å². The first-order valence-electron chi connectivity index (χ1n) is 7.41. The molecular weight excluding hydrogens is 228 g/mol. The van der Waals surface area contributed by atoms with Crippen LogP contribution in [0.3, 0.4) is 0 Å². The Labute approximate surface area is 110 Å². The lowest BCUT2D eigenvalue weighted by Crippen LogP contribution is -2.34. The van der Waals surface area contributed by atoms with Gasteiger partial charge in [0, 0.05) is 19.5 Å². The average Bonchev–Trinajstić information content (AvgIpc) is 2.89. The van der Waals surface area contributed by atoms with Gasteiger partial charge in [0.25, 0.3) is 0 Å². The van der Waals surface area contributed by atoms with Gasteiger partial charge in [0.1, 0.15) is 0 Å². The lowest BCUT2D eigenvalue weighted by molar-refractivity contribution is -0.121. The molecule has 1 amide bonds. The van der Waals surface area contributed by atoms with E-state index in [2.05, 4.69) is 10.2 Å². The van der Waals surface area contributed by atoms with Crippen LogP contribution in [0, 0.1) is 5.92 Å². The van der Waals surface area contributed by atoms with Crippen LogP contribution in [0.4, 0.5) is 0 Å². The maximum atomic E-state index is 11.7. The first-order valence-corrected chi connectivity index (χ1v) is 7.41. The molecule has 0 atom stereocenters. The minimum atomic E-state index is -0.105. The molecule has 2 aliphatic rings. The van der Waals surface area contributed by atoms with Crippen molar-refractivity contribution in [3.63, 3.8) is 0 Å². The van der Waals surface area contributed by atoms with Gasteiger partial charge in [-0.15, -0.1) is 0 Å². The Hall–Kier alpha value is -0.610. The van der Waals surface area contributed by atoms with Crippen LogP contribution in [0.25, 0.3) is 0 Å². The number of rotatable bonds is 5.